The fourth-order valence-electron chi connectivity index (χ4n) is 2.40. The van der Waals surface area contributed by atoms with E-state index in [1.54, 1.807) is 32.3 Å². The molecule has 0 amide bonds. The number of carboxylic acids is 1. The summed E-state index contributed by atoms with van der Waals surface area (Å²) in [5.41, 5.74) is 2.09. The first-order valence-electron chi connectivity index (χ1n) is 7.13. The molecule has 0 fully saturated rings. The Morgan fingerprint density at radius 1 is 1.22 bits per heavy atom. The maximum atomic E-state index is 12.6. The first-order valence-corrected chi connectivity index (χ1v) is 7.13. The number of aliphatic carboxylic acids is 1. The van der Waals surface area contributed by atoms with Crippen molar-refractivity contribution in [2.75, 3.05) is 0 Å². The van der Waals surface area contributed by atoms with Crippen LogP contribution in [0.4, 0.5) is 0 Å². The van der Waals surface area contributed by atoms with E-state index in [1.165, 1.54) is 13.0 Å². The minimum absolute atomic E-state index is 0.0176. The van der Waals surface area contributed by atoms with Crippen LogP contribution in [0.1, 0.15) is 26.3 Å². The molecular weight excluding hydrogens is 294 g/mol. The maximum absolute atomic E-state index is 12.6. The molecule has 0 aromatic carbocycles. The third kappa shape index (κ3) is 3.34. The lowest BCUT2D eigenvalue weighted by Crippen LogP contribution is -2.22. The number of hydrogen-bond acceptors (Lipinski definition) is 4. The Bertz CT molecular complexity index is 782. The summed E-state index contributed by atoms with van der Waals surface area (Å²) in [5.74, 6) is -1.65. The Morgan fingerprint density at radius 3 is 2.48 bits per heavy atom. The van der Waals surface area contributed by atoms with Gasteiger partial charge in [-0.05, 0) is 38.5 Å². The van der Waals surface area contributed by atoms with E-state index in [4.69, 9.17) is 5.11 Å². The topological polar surface area (TPSA) is 84.3 Å². The molecule has 0 unspecified atom stereocenters. The van der Waals surface area contributed by atoms with Crippen molar-refractivity contribution in [2.45, 2.75) is 27.2 Å². The molecule has 2 rings (SSSR count). The van der Waals surface area contributed by atoms with E-state index in [0.717, 1.165) is 5.56 Å². The zero-order chi connectivity index (χ0) is 17.1. The predicted molar refractivity (Wildman–Crippen MR) is 84.7 cm³/mol. The van der Waals surface area contributed by atoms with Crippen molar-refractivity contribution in [3.63, 3.8) is 0 Å². The molecular formula is C18H17NO4. The molecule has 5 heteroatoms. The standard InChI is InChI=1S/C18H17NO4/c1-10(18(22)23)7-14-11(2)17(21)15(12(3)16(14)20)8-13-5-4-6-19-9-13/h4-7,9H,8H2,1-3H3,(H,22,23)/b10-7+. The van der Waals surface area contributed by atoms with Gasteiger partial charge in [-0.3, -0.25) is 14.6 Å². The molecule has 1 N–H and O–H groups in total. The highest BCUT2D eigenvalue weighted by Gasteiger charge is 2.29. The fraction of sp³-hybridized carbons (Fsp3) is 0.222. The summed E-state index contributed by atoms with van der Waals surface area (Å²) in [6, 6.07) is 3.61. The number of pyridine rings is 1. The van der Waals surface area contributed by atoms with Crippen molar-refractivity contribution in [2.24, 2.45) is 0 Å². The van der Waals surface area contributed by atoms with Crippen LogP contribution in [-0.2, 0) is 20.8 Å². The van der Waals surface area contributed by atoms with Crippen LogP contribution < -0.4 is 0 Å². The lowest BCUT2D eigenvalue weighted by atomic mass is 9.82. The van der Waals surface area contributed by atoms with Crippen LogP contribution in [0.2, 0.25) is 0 Å². The van der Waals surface area contributed by atoms with Crippen LogP contribution >= 0.6 is 0 Å². The lowest BCUT2D eigenvalue weighted by Gasteiger charge is -2.19. The number of ketones is 2. The molecule has 1 aliphatic rings. The van der Waals surface area contributed by atoms with E-state index >= 15 is 0 Å². The number of rotatable bonds is 4. The van der Waals surface area contributed by atoms with Gasteiger partial charge in [-0.2, -0.15) is 0 Å². The van der Waals surface area contributed by atoms with E-state index in [9.17, 15) is 14.4 Å². The van der Waals surface area contributed by atoms with E-state index < -0.39 is 5.97 Å². The number of aromatic nitrogens is 1. The van der Waals surface area contributed by atoms with Crippen LogP contribution in [0.3, 0.4) is 0 Å². The molecule has 0 radical (unpaired) electrons. The number of nitrogens with zero attached hydrogens (tertiary/aromatic N) is 1. The highest BCUT2D eigenvalue weighted by molar-refractivity contribution is 6.26. The molecule has 0 aliphatic heterocycles. The van der Waals surface area contributed by atoms with E-state index in [0.29, 0.717) is 17.6 Å². The highest BCUT2D eigenvalue weighted by atomic mass is 16.4. The predicted octanol–water partition coefficient (Wildman–Crippen LogP) is 2.44. The summed E-state index contributed by atoms with van der Waals surface area (Å²) in [6.45, 7) is 4.55. The number of Topliss-reactive ketones (excluding diaryl/α,β-unsaturated/α-hetero) is 2. The van der Waals surface area contributed by atoms with Gasteiger partial charge < -0.3 is 5.11 Å². The van der Waals surface area contributed by atoms with Crippen LogP contribution in [-0.4, -0.2) is 27.6 Å². The van der Waals surface area contributed by atoms with Crippen LogP contribution in [0.25, 0.3) is 0 Å². The van der Waals surface area contributed by atoms with Gasteiger partial charge in [-0.15, -0.1) is 0 Å². The van der Waals surface area contributed by atoms with Crippen LogP contribution in [0.5, 0.6) is 0 Å². The van der Waals surface area contributed by atoms with Crippen molar-refractivity contribution in [3.8, 4) is 0 Å². The number of carbonyl (C=O) groups is 3. The highest BCUT2D eigenvalue weighted by Crippen LogP contribution is 2.28. The van der Waals surface area contributed by atoms with Gasteiger partial charge >= 0.3 is 5.97 Å². The van der Waals surface area contributed by atoms with Crippen molar-refractivity contribution in [1.29, 1.82) is 0 Å². The second-order valence-electron chi connectivity index (χ2n) is 5.47. The van der Waals surface area contributed by atoms with Gasteiger partial charge in [-0.25, -0.2) is 4.79 Å². The van der Waals surface area contributed by atoms with Crippen molar-refractivity contribution in [3.05, 3.63) is 64.0 Å². The second kappa shape index (κ2) is 6.52. The number of allylic oxidation sites excluding steroid dienone is 5. The minimum Gasteiger partial charge on any atom is -0.478 e. The molecule has 1 aromatic heterocycles. The Morgan fingerprint density at radius 2 is 1.91 bits per heavy atom. The smallest absolute Gasteiger partial charge is 0.331 e. The monoisotopic (exact) mass is 311 g/mol. The molecule has 5 nitrogen and oxygen atoms in total. The van der Waals surface area contributed by atoms with E-state index in [1.807, 2.05) is 6.07 Å². The van der Waals surface area contributed by atoms with Gasteiger partial charge in [0.15, 0.2) is 11.6 Å². The summed E-state index contributed by atoms with van der Waals surface area (Å²) in [7, 11) is 0. The Kier molecular flexibility index (Phi) is 4.69. The van der Waals surface area contributed by atoms with Crippen molar-refractivity contribution >= 4 is 17.5 Å². The molecule has 118 valence electrons. The minimum atomic E-state index is -1.12. The van der Waals surface area contributed by atoms with Gasteiger partial charge in [-0.1, -0.05) is 6.07 Å². The number of carbonyl (C=O) groups excluding carboxylic acids is 2. The third-order valence-corrected chi connectivity index (χ3v) is 3.86. The average molecular weight is 311 g/mol. The molecule has 0 spiro atoms. The van der Waals surface area contributed by atoms with Crippen molar-refractivity contribution < 1.29 is 19.5 Å². The van der Waals surface area contributed by atoms with Crippen LogP contribution in [0, 0.1) is 0 Å². The third-order valence-electron chi connectivity index (χ3n) is 3.86. The molecule has 0 bridgehead atoms. The molecule has 1 heterocycles. The number of carboxylic acid groups (broad SMARTS) is 1. The van der Waals surface area contributed by atoms with Gasteiger partial charge in [0.05, 0.1) is 0 Å². The molecule has 1 aromatic rings. The van der Waals surface area contributed by atoms with E-state index in [2.05, 4.69) is 4.98 Å². The fourth-order valence-corrected chi connectivity index (χ4v) is 2.40. The molecule has 23 heavy (non-hydrogen) atoms. The zero-order valence-electron chi connectivity index (χ0n) is 13.2. The summed E-state index contributed by atoms with van der Waals surface area (Å²) < 4.78 is 0. The summed E-state index contributed by atoms with van der Waals surface area (Å²) >= 11 is 0. The maximum Gasteiger partial charge on any atom is 0.331 e. The van der Waals surface area contributed by atoms with Crippen LogP contribution in [0.15, 0.2) is 58.5 Å². The summed E-state index contributed by atoms with van der Waals surface area (Å²) in [6.07, 6.45) is 4.89. The second-order valence-corrected chi connectivity index (χ2v) is 5.47. The largest absolute Gasteiger partial charge is 0.478 e. The number of hydrogen-bond donors (Lipinski definition) is 1. The SMILES string of the molecule is CC1=C(/C=C(\C)C(=O)O)C(=O)C(C)=C(Cc2cccnc2)C1=O. The molecule has 1 aliphatic carbocycles. The molecule has 0 saturated carbocycles. The molecule has 0 atom stereocenters. The van der Waals surface area contributed by atoms with Crippen molar-refractivity contribution in [1.82, 2.24) is 4.98 Å². The normalized spacial score (nSPS) is 16.2. The summed E-state index contributed by atoms with van der Waals surface area (Å²) in [4.78, 5) is 40.1. The Labute approximate surface area is 134 Å². The Hall–Kier alpha value is -2.82. The van der Waals surface area contributed by atoms with E-state index in [-0.39, 0.29) is 28.3 Å². The van der Waals surface area contributed by atoms with Gasteiger partial charge in [0.2, 0.25) is 0 Å². The quantitative estimate of drug-likeness (QED) is 0.682. The first kappa shape index (κ1) is 16.5. The zero-order valence-corrected chi connectivity index (χ0v) is 13.2. The van der Waals surface area contributed by atoms with Gasteiger partial charge in [0, 0.05) is 46.7 Å². The van der Waals surface area contributed by atoms with Gasteiger partial charge in [0.1, 0.15) is 0 Å². The average Bonchev–Trinajstić information content (AvgIpc) is 2.54. The lowest BCUT2D eigenvalue weighted by molar-refractivity contribution is -0.132. The summed E-state index contributed by atoms with van der Waals surface area (Å²) in [5, 5.41) is 8.96. The first-order chi connectivity index (χ1) is 10.8. The Balaban J connectivity index is 2.42. The van der Waals surface area contributed by atoms with Gasteiger partial charge in [0.25, 0.3) is 0 Å². The molecule has 0 saturated heterocycles.